The first-order chi connectivity index (χ1) is 7.31. The lowest BCUT2D eigenvalue weighted by Crippen LogP contribution is -2.32. The third kappa shape index (κ3) is 2.73. The van der Waals surface area contributed by atoms with Gasteiger partial charge in [-0.05, 0) is 31.1 Å². The standard InChI is InChI=1S/C13H19BrO/c1-2-13(14)12-6-4-3-5-10(12)9-11-7-8-15-11/h3-6,10-13H,2,7-9H2,1H3/t10?,11-,12?,13-/m1/s1. The molecule has 4 atom stereocenters. The Morgan fingerprint density at radius 2 is 2.13 bits per heavy atom. The molecule has 2 unspecified atom stereocenters. The maximum absolute atomic E-state index is 5.52. The van der Waals surface area contributed by atoms with Gasteiger partial charge in [-0.1, -0.05) is 47.2 Å². The lowest BCUT2D eigenvalue weighted by atomic mass is 9.81. The summed E-state index contributed by atoms with van der Waals surface area (Å²) in [5, 5.41) is 0. The molecule has 0 aromatic carbocycles. The van der Waals surface area contributed by atoms with Crippen molar-refractivity contribution in [2.75, 3.05) is 6.61 Å². The summed E-state index contributed by atoms with van der Waals surface area (Å²) in [6.45, 7) is 3.20. The van der Waals surface area contributed by atoms with E-state index >= 15 is 0 Å². The van der Waals surface area contributed by atoms with Gasteiger partial charge in [-0.2, -0.15) is 0 Å². The number of hydrogen-bond donors (Lipinski definition) is 0. The van der Waals surface area contributed by atoms with Crippen LogP contribution in [0.1, 0.15) is 26.2 Å². The van der Waals surface area contributed by atoms with E-state index in [4.69, 9.17) is 4.74 Å². The van der Waals surface area contributed by atoms with Crippen molar-refractivity contribution in [3.05, 3.63) is 24.3 Å². The first-order valence-corrected chi connectivity index (χ1v) is 6.83. The van der Waals surface area contributed by atoms with Gasteiger partial charge in [0, 0.05) is 11.4 Å². The molecule has 2 heteroatoms. The Morgan fingerprint density at radius 3 is 2.73 bits per heavy atom. The van der Waals surface area contributed by atoms with Crippen LogP contribution < -0.4 is 0 Å². The summed E-state index contributed by atoms with van der Waals surface area (Å²) < 4.78 is 5.52. The molecule has 0 bridgehead atoms. The molecule has 0 amide bonds. The highest BCUT2D eigenvalue weighted by molar-refractivity contribution is 9.09. The van der Waals surface area contributed by atoms with E-state index in [-0.39, 0.29) is 0 Å². The van der Waals surface area contributed by atoms with Crippen LogP contribution in [0.5, 0.6) is 0 Å². The fourth-order valence-corrected chi connectivity index (χ4v) is 2.91. The maximum Gasteiger partial charge on any atom is 0.0602 e. The molecule has 0 radical (unpaired) electrons. The SMILES string of the molecule is CC[C@@H](Br)C1C=CC=CC1C[C@H]1CCO1. The van der Waals surface area contributed by atoms with Gasteiger partial charge >= 0.3 is 0 Å². The van der Waals surface area contributed by atoms with Gasteiger partial charge in [0.25, 0.3) is 0 Å². The number of allylic oxidation sites excluding steroid dienone is 4. The highest BCUT2D eigenvalue weighted by Gasteiger charge is 2.29. The Morgan fingerprint density at radius 1 is 1.40 bits per heavy atom. The molecular formula is C13H19BrO. The third-order valence-corrected chi connectivity index (χ3v) is 4.69. The Balaban J connectivity index is 1.94. The van der Waals surface area contributed by atoms with E-state index in [2.05, 4.69) is 47.2 Å². The Labute approximate surface area is 101 Å². The van der Waals surface area contributed by atoms with E-state index in [0.29, 0.717) is 22.8 Å². The minimum absolute atomic E-state index is 0.519. The summed E-state index contributed by atoms with van der Waals surface area (Å²) in [7, 11) is 0. The highest BCUT2D eigenvalue weighted by atomic mass is 79.9. The molecule has 1 fully saturated rings. The molecule has 0 aromatic heterocycles. The van der Waals surface area contributed by atoms with Gasteiger partial charge in [0.2, 0.25) is 0 Å². The van der Waals surface area contributed by atoms with Crippen LogP contribution in [0, 0.1) is 11.8 Å². The third-order valence-electron chi connectivity index (χ3n) is 3.43. The average Bonchev–Trinajstić information content (AvgIpc) is 2.23. The summed E-state index contributed by atoms with van der Waals surface area (Å²) >= 11 is 3.78. The molecular weight excluding hydrogens is 252 g/mol. The Hall–Kier alpha value is -0.0800. The summed E-state index contributed by atoms with van der Waals surface area (Å²) in [6.07, 6.45) is 13.2. The van der Waals surface area contributed by atoms with Crippen LogP contribution in [-0.2, 0) is 4.74 Å². The number of rotatable bonds is 4. The average molecular weight is 271 g/mol. The fraction of sp³-hybridized carbons (Fsp3) is 0.692. The molecule has 2 rings (SSSR count). The lowest BCUT2D eigenvalue weighted by Gasteiger charge is -2.34. The minimum Gasteiger partial charge on any atom is -0.378 e. The quantitative estimate of drug-likeness (QED) is 0.708. The molecule has 1 aliphatic carbocycles. The van der Waals surface area contributed by atoms with Gasteiger partial charge < -0.3 is 4.74 Å². The second-order valence-electron chi connectivity index (χ2n) is 4.45. The van der Waals surface area contributed by atoms with Crippen LogP contribution in [0.4, 0.5) is 0 Å². The predicted molar refractivity (Wildman–Crippen MR) is 67.2 cm³/mol. The largest absolute Gasteiger partial charge is 0.378 e. The second-order valence-corrected chi connectivity index (χ2v) is 5.63. The van der Waals surface area contributed by atoms with Gasteiger partial charge in [-0.15, -0.1) is 0 Å². The zero-order chi connectivity index (χ0) is 10.7. The second kappa shape index (κ2) is 5.31. The summed E-state index contributed by atoms with van der Waals surface area (Å²) in [4.78, 5) is 0.601. The lowest BCUT2D eigenvalue weighted by molar-refractivity contribution is -0.0621. The Kier molecular flexibility index (Phi) is 4.04. The zero-order valence-electron chi connectivity index (χ0n) is 9.23. The van der Waals surface area contributed by atoms with Crippen LogP contribution in [0.3, 0.4) is 0 Å². The molecule has 84 valence electrons. The number of ether oxygens (including phenoxy) is 1. The molecule has 0 saturated carbocycles. The van der Waals surface area contributed by atoms with E-state index in [1.807, 2.05) is 0 Å². The fourth-order valence-electron chi connectivity index (χ4n) is 2.34. The maximum atomic E-state index is 5.52. The smallest absolute Gasteiger partial charge is 0.0602 e. The van der Waals surface area contributed by atoms with E-state index in [1.54, 1.807) is 0 Å². The molecule has 0 N–H and O–H groups in total. The first kappa shape index (κ1) is 11.4. The van der Waals surface area contributed by atoms with Crippen molar-refractivity contribution in [2.45, 2.75) is 37.1 Å². The van der Waals surface area contributed by atoms with Crippen molar-refractivity contribution in [1.82, 2.24) is 0 Å². The van der Waals surface area contributed by atoms with Crippen LogP contribution in [-0.4, -0.2) is 17.5 Å². The van der Waals surface area contributed by atoms with E-state index in [1.165, 1.54) is 19.3 Å². The van der Waals surface area contributed by atoms with Gasteiger partial charge in [-0.25, -0.2) is 0 Å². The van der Waals surface area contributed by atoms with Gasteiger partial charge in [0.15, 0.2) is 0 Å². The molecule has 1 nitrogen and oxygen atoms in total. The highest BCUT2D eigenvalue weighted by Crippen LogP contribution is 2.34. The van der Waals surface area contributed by atoms with Crippen LogP contribution >= 0.6 is 15.9 Å². The summed E-state index contributed by atoms with van der Waals surface area (Å²) in [5.74, 6) is 1.30. The van der Waals surface area contributed by atoms with E-state index in [0.717, 1.165) is 6.61 Å². The van der Waals surface area contributed by atoms with Crippen LogP contribution in [0.15, 0.2) is 24.3 Å². The Bertz CT molecular complexity index is 255. The van der Waals surface area contributed by atoms with Crippen molar-refractivity contribution in [3.63, 3.8) is 0 Å². The zero-order valence-corrected chi connectivity index (χ0v) is 10.8. The molecule has 1 aliphatic heterocycles. The van der Waals surface area contributed by atoms with Gasteiger partial charge in [0.05, 0.1) is 6.10 Å². The molecule has 0 aromatic rings. The minimum atomic E-state index is 0.519. The molecule has 1 saturated heterocycles. The van der Waals surface area contributed by atoms with Crippen molar-refractivity contribution in [3.8, 4) is 0 Å². The van der Waals surface area contributed by atoms with Gasteiger partial charge in [0.1, 0.15) is 0 Å². The summed E-state index contributed by atoms with van der Waals surface area (Å²) in [6, 6.07) is 0. The van der Waals surface area contributed by atoms with Gasteiger partial charge in [-0.3, -0.25) is 0 Å². The number of alkyl halides is 1. The van der Waals surface area contributed by atoms with Crippen LogP contribution in [0.25, 0.3) is 0 Å². The molecule has 1 heterocycles. The van der Waals surface area contributed by atoms with Crippen LogP contribution in [0.2, 0.25) is 0 Å². The predicted octanol–water partition coefficient (Wildman–Crippen LogP) is 3.70. The number of hydrogen-bond acceptors (Lipinski definition) is 1. The normalized spacial score (nSPS) is 36.3. The van der Waals surface area contributed by atoms with E-state index in [9.17, 15) is 0 Å². The summed E-state index contributed by atoms with van der Waals surface area (Å²) in [5.41, 5.74) is 0. The van der Waals surface area contributed by atoms with Crippen molar-refractivity contribution >= 4 is 15.9 Å². The topological polar surface area (TPSA) is 9.23 Å². The van der Waals surface area contributed by atoms with Crippen molar-refractivity contribution in [1.29, 1.82) is 0 Å². The molecule has 15 heavy (non-hydrogen) atoms. The first-order valence-electron chi connectivity index (χ1n) is 5.92. The van der Waals surface area contributed by atoms with Crippen molar-refractivity contribution < 1.29 is 4.74 Å². The van der Waals surface area contributed by atoms with Crippen molar-refractivity contribution in [2.24, 2.45) is 11.8 Å². The molecule has 2 aliphatic rings. The monoisotopic (exact) mass is 270 g/mol. The van der Waals surface area contributed by atoms with E-state index < -0.39 is 0 Å². The number of halogens is 1. The molecule has 0 spiro atoms.